The van der Waals surface area contributed by atoms with Gasteiger partial charge in [-0.2, -0.15) is 0 Å². The Kier molecular flexibility index (Phi) is 7.22. The highest BCUT2D eigenvalue weighted by molar-refractivity contribution is 5.53. The first-order valence-corrected chi connectivity index (χ1v) is 6.11. The molecule has 0 aliphatic heterocycles. The summed E-state index contributed by atoms with van der Waals surface area (Å²) in [7, 11) is 0. The summed E-state index contributed by atoms with van der Waals surface area (Å²) in [4.78, 5) is 0. The maximum atomic E-state index is 14.0. The predicted octanol–water partition coefficient (Wildman–Crippen LogP) is 6.37. The molecule has 21 heavy (non-hydrogen) atoms. The lowest BCUT2D eigenvalue weighted by Gasteiger charge is -2.06. The van der Waals surface area contributed by atoms with Gasteiger partial charge in [0, 0.05) is 11.1 Å². The Morgan fingerprint density at radius 1 is 0.714 bits per heavy atom. The zero-order chi connectivity index (χ0) is 16.7. The number of hydrogen-bond acceptors (Lipinski definition) is 0. The van der Waals surface area contributed by atoms with Crippen molar-refractivity contribution in [2.45, 2.75) is 13.8 Å². The summed E-state index contributed by atoms with van der Waals surface area (Å²) in [6.07, 6.45) is 3.20. The van der Waals surface area contributed by atoms with Crippen molar-refractivity contribution in [1.29, 1.82) is 0 Å². The minimum absolute atomic E-state index is 0.0327. The first-order valence-electron chi connectivity index (χ1n) is 6.11. The maximum Gasteiger partial charge on any atom is 0.131 e. The third kappa shape index (κ3) is 5.69. The summed E-state index contributed by atoms with van der Waals surface area (Å²) in [5.41, 5.74) is 0.146. The highest BCUT2D eigenvalue weighted by atomic mass is 19.1. The third-order valence-electron chi connectivity index (χ3n) is 2.61. The van der Waals surface area contributed by atoms with Crippen LogP contribution in [0.5, 0.6) is 0 Å². The minimum Gasteiger partial charge on any atom is -0.207 e. The largest absolute Gasteiger partial charge is 0.207 e. The highest BCUT2D eigenvalue weighted by Gasteiger charge is 2.09. The van der Waals surface area contributed by atoms with Gasteiger partial charge in [-0.1, -0.05) is 39.0 Å². The van der Waals surface area contributed by atoms with Crippen LogP contribution < -0.4 is 0 Å². The zero-order valence-corrected chi connectivity index (χ0v) is 12.4. The molecule has 0 aromatic carbocycles. The van der Waals surface area contributed by atoms with E-state index >= 15 is 0 Å². The van der Waals surface area contributed by atoms with Crippen LogP contribution in [-0.4, -0.2) is 0 Å². The van der Waals surface area contributed by atoms with E-state index in [0.29, 0.717) is 0 Å². The second-order valence-corrected chi connectivity index (χ2v) is 4.41. The van der Waals surface area contributed by atoms with Crippen molar-refractivity contribution >= 4 is 0 Å². The molecule has 0 aliphatic carbocycles. The molecule has 0 aromatic heterocycles. The van der Waals surface area contributed by atoms with Crippen molar-refractivity contribution in [1.82, 2.24) is 0 Å². The van der Waals surface area contributed by atoms with Crippen molar-refractivity contribution in [2.75, 3.05) is 0 Å². The standard InChI is InChI=1S/C18H19F3/c1-8-16(19)14(6)13(5)10-18(21)15(7)12(4)9-17(20)11(2)3/h8-10H,2,4-7H2,1,3H3/b16-8+,17-9+,18-10+. The summed E-state index contributed by atoms with van der Waals surface area (Å²) < 4.78 is 40.6. The van der Waals surface area contributed by atoms with Gasteiger partial charge >= 0.3 is 0 Å². The van der Waals surface area contributed by atoms with Gasteiger partial charge in [0.2, 0.25) is 0 Å². The van der Waals surface area contributed by atoms with Crippen molar-refractivity contribution in [3.8, 4) is 0 Å². The lowest BCUT2D eigenvalue weighted by Crippen LogP contribution is -1.90. The first kappa shape index (κ1) is 18.7. The van der Waals surface area contributed by atoms with E-state index in [0.717, 1.165) is 12.2 Å². The minimum atomic E-state index is -0.791. The Labute approximate surface area is 124 Å². The average molecular weight is 292 g/mol. The van der Waals surface area contributed by atoms with Crippen molar-refractivity contribution in [2.24, 2.45) is 0 Å². The number of allylic oxidation sites excluding steroid dienone is 11. The Balaban J connectivity index is 5.18. The Bertz CT molecular complexity index is 596. The topological polar surface area (TPSA) is 0 Å². The third-order valence-corrected chi connectivity index (χ3v) is 2.61. The van der Waals surface area contributed by atoms with Crippen molar-refractivity contribution in [3.05, 3.63) is 96.5 Å². The lowest BCUT2D eigenvalue weighted by molar-refractivity contribution is 0.644. The second kappa shape index (κ2) is 8.10. The lowest BCUT2D eigenvalue weighted by atomic mass is 10.0. The van der Waals surface area contributed by atoms with Gasteiger partial charge in [0.1, 0.15) is 17.5 Å². The molecule has 112 valence electrons. The molecule has 0 saturated carbocycles. The van der Waals surface area contributed by atoms with Crippen molar-refractivity contribution in [3.63, 3.8) is 0 Å². The van der Waals surface area contributed by atoms with Crippen molar-refractivity contribution < 1.29 is 13.2 Å². The van der Waals surface area contributed by atoms with Crippen LogP contribution in [-0.2, 0) is 0 Å². The normalized spacial score (nSPS) is 12.9. The Morgan fingerprint density at radius 2 is 1.10 bits per heavy atom. The van der Waals surface area contributed by atoms with Gasteiger partial charge in [-0.15, -0.1) is 0 Å². The molecule has 0 atom stereocenters. The van der Waals surface area contributed by atoms with Crippen LogP contribution in [0.4, 0.5) is 13.2 Å². The SMILES string of the molecule is C=C(/C=C(/F)C(=C)C(=C)/C=C(/F)C(=C)C)C(=C)/C(F)=C\C. The molecule has 0 rings (SSSR count). The summed E-state index contributed by atoms with van der Waals surface area (Å²) in [5.74, 6) is -2.00. The van der Waals surface area contributed by atoms with E-state index in [9.17, 15) is 13.2 Å². The molecule has 0 radical (unpaired) electrons. The Morgan fingerprint density at radius 3 is 1.48 bits per heavy atom. The molecule has 0 nitrogen and oxygen atoms in total. The first-order chi connectivity index (χ1) is 9.61. The van der Waals surface area contributed by atoms with Gasteiger partial charge in [-0.05, 0) is 42.7 Å². The molecule has 3 heteroatoms. The molecule has 0 amide bonds. The predicted molar refractivity (Wildman–Crippen MR) is 84.6 cm³/mol. The molecule has 0 fully saturated rings. The van der Waals surface area contributed by atoms with Crippen LogP contribution >= 0.6 is 0 Å². The van der Waals surface area contributed by atoms with E-state index < -0.39 is 17.5 Å². The molecule has 0 heterocycles. The molecule has 0 aliphatic rings. The van der Waals surface area contributed by atoms with E-state index in [1.807, 2.05) is 0 Å². The molecule has 0 N–H and O–H groups in total. The van der Waals surface area contributed by atoms with Gasteiger partial charge in [-0.3, -0.25) is 0 Å². The summed E-state index contributed by atoms with van der Waals surface area (Å²) >= 11 is 0. The van der Waals surface area contributed by atoms with E-state index in [1.54, 1.807) is 0 Å². The van der Waals surface area contributed by atoms with Crippen LogP contribution in [0.3, 0.4) is 0 Å². The van der Waals surface area contributed by atoms with Gasteiger partial charge in [-0.25, -0.2) is 13.2 Å². The van der Waals surface area contributed by atoms with Gasteiger partial charge in [0.25, 0.3) is 0 Å². The fourth-order valence-corrected chi connectivity index (χ4v) is 1.17. The molecule has 0 bridgehead atoms. The second-order valence-electron chi connectivity index (χ2n) is 4.41. The Hall–Kier alpha value is -2.29. The number of halogens is 3. The summed E-state index contributed by atoms with van der Waals surface area (Å²) in [5, 5.41) is 0. The van der Waals surface area contributed by atoms with E-state index in [-0.39, 0.29) is 27.9 Å². The molecule has 0 saturated heterocycles. The highest BCUT2D eigenvalue weighted by Crippen LogP contribution is 2.25. The van der Waals surface area contributed by atoms with Gasteiger partial charge < -0.3 is 0 Å². The van der Waals surface area contributed by atoms with Crippen LogP contribution in [0, 0.1) is 0 Å². The van der Waals surface area contributed by atoms with E-state index in [2.05, 4.69) is 32.9 Å². The summed E-state index contributed by atoms with van der Waals surface area (Å²) in [6, 6.07) is 0. The van der Waals surface area contributed by atoms with Gasteiger partial charge in [0.05, 0.1) is 0 Å². The van der Waals surface area contributed by atoms with E-state index in [4.69, 9.17) is 0 Å². The van der Waals surface area contributed by atoms with Crippen LogP contribution in [0.15, 0.2) is 96.5 Å². The quantitative estimate of drug-likeness (QED) is 0.478. The van der Waals surface area contributed by atoms with Crippen LogP contribution in [0.2, 0.25) is 0 Å². The average Bonchev–Trinajstić information content (AvgIpc) is 2.43. The van der Waals surface area contributed by atoms with Crippen LogP contribution in [0.25, 0.3) is 0 Å². The molecule has 0 unspecified atom stereocenters. The fourth-order valence-electron chi connectivity index (χ4n) is 1.17. The molecule has 0 aromatic rings. The van der Waals surface area contributed by atoms with E-state index in [1.165, 1.54) is 19.9 Å². The monoisotopic (exact) mass is 292 g/mol. The number of hydrogen-bond donors (Lipinski definition) is 0. The smallest absolute Gasteiger partial charge is 0.131 e. The summed E-state index contributed by atoms with van der Waals surface area (Å²) in [6.45, 7) is 20.4. The molecular formula is C18H19F3. The maximum absolute atomic E-state index is 14.0. The fraction of sp³-hybridized carbons (Fsp3) is 0.111. The number of rotatable bonds is 7. The molecule has 0 spiro atoms. The van der Waals surface area contributed by atoms with Gasteiger partial charge in [0.15, 0.2) is 0 Å². The molecular weight excluding hydrogens is 273 g/mol. The zero-order valence-electron chi connectivity index (χ0n) is 12.4. The van der Waals surface area contributed by atoms with Crippen LogP contribution in [0.1, 0.15) is 13.8 Å².